The van der Waals surface area contributed by atoms with E-state index in [0.717, 1.165) is 39.0 Å². The number of ether oxygens (including phenoxy) is 1. The first-order valence-corrected chi connectivity index (χ1v) is 9.04. The molecule has 0 radical (unpaired) electrons. The SMILES string of the molecule is Cc1cc(C)c(O[C@@H]2Cn3c(c(CO)c4ccccc43)[C@H]2N=[N+]=[N-])c(C)c1. The van der Waals surface area contributed by atoms with Crippen molar-refractivity contribution in [3.8, 4) is 5.75 Å². The molecule has 0 saturated heterocycles. The summed E-state index contributed by atoms with van der Waals surface area (Å²) in [7, 11) is 0. The lowest BCUT2D eigenvalue weighted by Crippen LogP contribution is -2.22. The molecular weight excluding hydrogens is 340 g/mol. The van der Waals surface area contributed by atoms with Gasteiger partial charge in [-0.15, -0.1) is 0 Å². The molecule has 6 heteroatoms. The standard InChI is InChI=1S/C21H22N4O2/c1-12-8-13(2)21(14(3)9-12)27-18-10-25-17-7-5-4-6-15(17)16(11-26)20(25)19(18)23-24-22/h4-9,18-19,26H,10-11H2,1-3H3/t18-,19+/m1/s1. The quantitative estimate of drug-likeness (QED) is 0.408. The number of aliphatic hydroxyl groups excluding tert-OH is 1. The third kappa shape index (κ3) is 2.74. The number of aryl methyl sites for hydroxylation is 3. The van der Waals surface area contributed by atoms with Gasteiger partial charge in [0.05, 0.1) is 13.2 Å². The maximum atomic E-state index is 9.98. The zero-order chi connectivity index (χ0) is 19.1. The van der Waals surface area contributed by atoms with Gasteiger partial charge < -0.3 is 14.4 Å². The maximum Gasteiger partial charge on any atom is 0.131 e. The van der Waals surface area contributed by atoms with Gasteiger partial charge in [-0.1, -0.05) is 41.0 Å². The topological polar surface area (TPSA) is 83.2 Å². The normalized spacial score (nSPS) is 18.4. The smallest absolute Gasteiger partial charge is 0.131 e. The highest BCUT2D eigenvalue weighted by atomic mass is 16.5. The van der Waals surface area contributed by atoms with Crippen LogP contribution in [-0.2, 0) is 13.2 Å². The number of aliphatic hydroxyl groups is 1. The van der Waals surface area contributed by atoms with Crippen molar-refractivity contribution in [3.05, 3.63) is 74.8 Å². The first kappa shape index (κ1) is 17.5. The Labute approximate surface area is 157 Å². The molecule has 138 valence electrons. The Morgan fingerprint density at radius 3 is 2.59 bits per heavy atom. The fraction of sp³-hybridized carbons (Fsp3) is 0.333. The second-order valence-corrected chi connectivity index (χ2v) is 7.18. The maximum absolute atomic E-state index is 9.98. The number of para-hydroxylation sites is 1. The third-order valence-electron chi connectivity index (χ3n) is 5.32. The van der Waals surface area contributed by atoms with Crippen molar-refractivity contribution in [2.75, 3.05) is 0 Å². The molecule has 0 spiro atoms. The van der Waals surface area contributed by atoms with E-state index < -0.39 is 6.04 Å². The van der Waals surface area contributed by atoms with Gasteiger partial charge in [0.1, 0.15) is 17.9 Å². The van der Waals surface area contributed by atoms with E-state index in [1.807, 2.05) is 38.1 Å². The van der Waals surface area contributed by atoms with Gasteiger partial charge in [-0.05, 0) is 43.5 Å². The summed E-state index contributed by atoms with van der Waals surface area (Å²) in [6.45, 7) is 6.60. The Balaban J connectivity index is 1.81. The first-order chi connectivity index (χ1) is 13.0. The van der Waals surface area contributed by atoms with E-state index in [0.29, 0.717) is 6.54 Å². The van der Waals surface area contributed by atoms with E-state index >= 15 is 0 Å². The van der Waals surface area contributed by atoms with Crippen LogP contribution in [0.5, 0.6) is 5.75 Å². The van der Waals surface area contributed by atoms with Crippen molar-refractivity contribution in [1.82, 2.24) is 4.57 Å². The summed E-state index contributed by atoms with van der Waals surface area (Å²) in [6.07, 6.45) is -0.314. The molecule has 2 atom stereocenters. The Bertz CT molecular complexity index is 1060. The zero-order valence-electron chi connectivity index (χ0n) is 15.7. The average molecular weight is 362 g/mol. The molecule has 27 heavy (non-hydrogen) atoms. The van der Waals surface area contributed by atoms with Crippen molar-refractivity contribution < 1.29 is 9.84 Å². The molecule has 2 heterocycles. The van der Waals surface area contributed by atoms with Crippen LogP contribution in [0.4, 0.5) is 0 Å². The molecule has 6 nitrogen and oxygen atoms in total. The van der Waals surface area contributed by atoms with E-state index in [2.05, 4.69) is 33.6 Å². The lowest BCUT2D eigenvalue weighted by atomic mass is 10.0. The van der Waals surface area contributed by atoms with E-state index in [9.17, 15) is 5.11 Å². The Kier molecular flexibility index (Phi) is 4.30. The fourth-order valence-electron chi connectivity index (χ4n) is 4.34. The predicted octanol–water partition coefficient (Wildman–Crippen LogP) is 4.87. The fourth-order valence-corrected chi connectivity index (χ4v) is 4.34. The number of rotatable bonds is 4. The summed E-state index contributed by atoms with van der Waals surface area (Å²) >= 11 is 0. The Morgan fingerprint density at radius 2 is 1.93 bits per heavy atom. The molecule has 0 saturated carbocycles. The lowest BCUT2D eigenvalue weighted by Gasteiger charge is -2.21. The number of benzene rings is 2. The minimum absolute atomic E-state index is 0.102. The van der Waals surface area contributed by atoms with Crippen LogP contribution in [0, 0.1) is 20.8 Å². The van der Waals surface area contributed by atoms with Crippen molar-refractivity contribution in [2.24, 2.45) is 5.11 Å². The van der Waals surface area contributed by atoms with Gasteiger partial charge in [-0.2, -0.15) is 0 Å². The molecule has 0 aliphatic carbocycles. The summed E-state index contributed by atoms with van der Waals surface area (Å²) in [5.74, 6) is 0.837. The van der Waals surface area contributed by atoms with Gasteiger partial charge in [0.15, 0.2) is 0 Å². The molecule has 1 aliphatic rings. The van der Waals surface area contributed by atoms with Crippen LogP contribution in [0.2, 0.25) is 0 Å². The second-order valence-electron chi connectivity index (χ2n) is 7.18. The van der Waals surface area contributed by atoms with Gasteiger partial charge >= 0.3 is 0 Å². The Hall–Kier alpha value is -2.95. The van der Waals surface area contributed by atoms with Gasteiger partial charge in [-0.25, -0.2) is 0 Å². The summed E-state index contributed by atoms with van der Waals surface area (Å²) < 4.78 is 8.49. The van der Waals surface area contributed by atoms with E-state index in [4.69, 9.17) is 10.3 Å². The van der Waals surface area contributed by atoms with Crippen LogP contribution in [-0.4, -0.2) is 15.8 Å². The van der Waals surface area contributed by atoms with Crippen LogP contribution in [0.25, 0.3) is 21.3 Å². The summed E-state index contributed by atoms with van der Waals surface area (Å²) in [4.78, 5) is 3.06. The van der Waals surface area contributed by atoms with Crippen LogP contribution >= 0.6 is 0 Å². The van der Waals surface area contributed by atoms with Crippen molar-refractivity contribution in [1.29, 1.82) is 0 Å². The molecule has 0 amide bonds. The highest BCUT2D eigenvalue weighted by Crippen LogP contribution is 2.41. The number of hydrogen-bond donors (Lipinski definition) is 1. The van der Waals surface area contributed by atoms with Gasteiger partial charge in [0, 0.05) is 27.1 Å². The largest absolute Gasteiger partial charge is 0.487 e. The molecular formula is C21H22N4O2. The minimum atomic E-state index is -0.482. The molecule has 3 aromatic rings. The van der Waals surface area contributed by atoms with Gasteiger partial charge in [0.2, 0.25) is 0 Å². The molecule has 1 aromatic heterocycles. The molecule has 2 aromatic carbocycles. The number of azide groups is 1. The van der Waals surface area contributed by atoms with Crippen LogP contribution in [0.1, 0.15) is 34.0 Å². The number of nitrogens with zero attached hydrogens (tertiary/aromatic N) is 4. The van der Waals surface area contributed by atoms with Crippen molar-refractivity contribution in [2.45, 2.75) is 46.1 Å². The van der Waals surface area contributed by atoms with Crippen LogP contribution in [0.15, 0.2) is 41.5 Å². The van der Waals surface area contributed by atoms with Crippen LogP contribution in [0.3, 0.4) is 0 Å². The zero-order valence-corrected chi connectivity index (χ0v) is 15.7. The minimum Gasteiger partial charge on any atom is -0.487 e. The summed E-state index contributed by atoms with van der Waals surface area (Å²) in [6, 6.07) is 11.6. The van der Waals surface area contributed by atoms with E-state index in [1.54, 1.807) is 0 Å². The molecule has 1 N–H and O–H groups in total. The molecule has 4 rings (SSSR count). The Morgan fingerprint density at radius 1 is 1.22 bits per heavy atom. The molecule has 1 aliphatic heterocycles. The number of fused-ring (bicyclic) bond motifs is 3. The van der Waals surface area contributed by atoms with Crippen molar-refractivity contribution >= 4 is 10.9 Å². The first-order valence-electron chi connectivity index (χ1n) is 9.04. The second kappa shape index (κ2) is 6.65. The van der Waals surface area contributed by atoms with Crippen LogP contribution < -0.4 is 4.74 Å². The van der Waals surface area contributed by atoms with Gasteiger partial charge in [-0.3, -0.25) is 0 Å². The highest BCUT2D eigenvalue weighted by Gasteiger charge is 2.38. The van der Waals surface area contributed by atoms with Crippen molar-refractivity contribution in [3.63, 3.8) is 0 Å². The summed E-state index contributed by atoms with van der Waals surface area (Å²) in [5.41, 5.74) is 15.2. The van der Waals surface area contributed by atoms with Gasteiger partial charge in [0.25, 0.3) is 0 Å². The van der Waals surface area contributed by atoms with E-state index in [-0.39, 0.29) is 12.7 Å². The third-order valence-corrected chi connectivity index (χ3v) is 5.32. The monoisotopic (exact) mass is 362 g/mol. The molecule has 0 bridgehead atoms. The average Bonchev–Trinajstić information content (AvgIpc) is 3.13. The highest BCUT2D eigenvalue weighted by molar-refractivity contribution is 5.86. The molecule has 0 unspecified atom stereocenters. The number of aromatic nitrogens is 1. The number of hydrogen-bond acceptors (Lipinski definition) is 3. The summed E-state index contributed by atoms with van der Waals surface area (Å²) in [5, 5.41) is 15.0. The predicted molar refractivity (Wildman–Crippen MR) is 105 cm³/mol. The molecule has 0 fully saturated rings. The lowest BCUT2D eigenvalue weighted by molar-refractivity contribution is 0.174. The van der Waals surface area contributed by atoms with E-state index in [1.165, 1.54) is 5.56 Å².